The molecule has 1 aromatic heterocycles. The van der Waals surface area contributed by atoms with Gasteiger partial charge in [0.05, 0.1) is 5.92 Å². The first-order chi connectivity index (χ1) is 8.63. The average molecular weight is 245 g/mol. The lowest BCUT2D eigenvalue weighted by molar-refractivity contribution is 0.336. The third kappa shape index (κ3) is 2.43. The first-order valence-electron chi connectivity index (χ1n) is 6.20. The van der Waals surface area contributed by atoms with Gasteiger partial charge in [0.25, 0.3) is 0 Å². The zero-order chi connectivity index (χ0) is 13.1. The van der Waals surface area contributed by atoms with E-state index in [4.69, 9.17) is 4.52 Å². The Labute approximate surface area is 107 Å². The van der Waals surface area contributed by atoms with E-state index in [1.54, 1.807) is 0 Å². The number of aromatic nitrogens is 2. The van der Waals surface area contributed by atoms with Crippen LogP contribution in [0.3, 0.4) is 0 Å². The van der Waals surface area contributed by atoms with Crippen LogP contribution in [0.5, 0.6) is 0 Å². The highest BCUT2D eigenvalue weighted by atomic mass is 16.5. The molecule has 0 saturated heterocycles. The molecule has 0 aliphatic rings. The van der Waals surface area contributed by atoms with Crippen molar-refractivity contribution in [2.45, 2.75) is 32.7 Å². The van der Waals surface area contributed by atoms with Gasteiger partial charge >= 0.3 is 0 Å². The van der Waals surface area contributed by atoms with Gasteiger partial charge in [-0.2, -0.15) is 4.98 Å². The number of hydrogen-bond acceptors (Lipinski definition) is 4. The maximum Gasteiger partial charge on any atom is 0.231 e. The van der Waals surface area contributed by atoms with Gasteiger partial charge in [-0.3, -0.25) is 0 Å². The molecule has 2 atom stereocenters. The predicted molar refractivity (Wildman–Crippen MR) is 71.4 cm³/mol. The molecule has 1 N–H and O–H groups in total. The van der Waals surface area contributed by atoms with Gasteiger partial charge in [0.1, 0.15) is 0 Å². The first-order valence-corrected chi connectivity index (χ1v) is 6.20. The van der Waals surface area contributed by atoms with Crippen molar-refractivity contribution < 1.29 is 4.52 Å². The number of benzene rings is 1. The summed E-state index contributed by atoms with van der Waals surface area (Å²) in [5, 5.41) is 7.27. The third-order valence-electron chi connectivity index (χ3n) is 3.42. The Hall–Kier alpha value is -1.68. The minimum Gasteiger partial charge on any atom is -0.339 e. The molecule has 96 valence electrons. The lowest BCUT2D eigenvalue weighted by atomic mass is 10.0. The van der Waals surface area contributed by atoms with Crippen molar-refractivity contribution >= 4 is 0 Å². The molecule has 2 unspecified atom stereocenters. The lowest BCUT2D eigenvalue weighted by Crippen LogP contribution is -2.27. The quantitative estimate of drug-likeness (QED) is 0.899. The highest BCUT2D eigenvalue weighted by Gasteiger charge is 2.20. The van der Waals surface area contributed by atoms with E-state index < -0.39 is 0 Å². The van der Waals surface area contributed by atoms with Crippen molar-refractivity contribution in [2.75, 3.05) is 7.05 Å². The van der Waals surface area contributed by atoms with Crippen molar-refractivity contribution in [1.82, 2.24) is 15.5 Å². The summed E-state index contributed by atoms with van der Waals surface area (Å²) < 4.78 is 5.36. The molecule has 0 radical (unpaired) electrons. The van der Waals surface area contributed by atoms with Crippen LogP contribution in [0.4, 0.5) is 0 Å². The maximum atomic E-state index is 5.36. The number of rotatable bonds is 4. The molecule has 1 aromatic carbocycles. The fourth-order valence-electron chi connectivity index (χ4n) is 1.82. The van der Waals surface area contributed by atoms with Gasteiger partial charge in [-0.25, -0.2) is 0 Å². The molecule has 1 heterocycles. The molecule has 0 saturated carbocycles. The second-order valence-electron chi connectivity index (χ2n) is 4.64. The molecule has 0 aliphatic carbocycles. The van der Waals surface area contributed by atoms with Gasteiger partial charge in [0.2, 0.25) is 11.7 Å². The van der Waals surface area contributed by atoms with E-state index in [0.717, 1.165) is 11.1 Å². The molecule has 2 aromatic rings. The second kappa shape index (κ2) is 5.31. The monoisotopic (exact) mass is 245 g/mol. The Bertz CT molecular complexity index is 521. The molecule has 4 nitrogen and oxygen atoms in total. The van der Waals surface area contributed by atoms with Crippen LogP contribution in [-0.2, 0) is 0 Å². The summed E-state index contributed by atoms with van der Waals surface area (Å²) in [6, 6.07) is 8.35. The minimum absolute atomic E-state index is 0.195. The Balaban J connectivity index is 2.29. The third-order valence-corrected chi connectivity index (χ3v) is 3.42. The van der Waals surface area contributed by atoms with Crippen LogP contribution in [-0.4, -0.2) is 23.2 Å². The van der Waals surface area contributed by atoms with Gasteiger partial charge in [0, 0.05) is 11.6 Å². The van der Waals surface area contributed by atoms with E-state index in [1.165, 1.54) is 0 Å². The SMILES string of the molecule is CNC(C)C(C)c1nc(-c2ccccc2C)no1. The summed E-state index contributed by atoms with van der Waals surface area (Å²) in [4.78, 5) is 4.49. The van der Waals surface area contributed by atoms with E-state index in [0.29, 0.717) is 17.8 Å². The number of nitrogens with one attached hydrogen (secondary N) is 1. The van der Waals surface area contributed by atoms with E-state index in [2.05, 4.69) is 29.3 Å². The van der Waals surface area contributed by atoms with Gasteiger partial charge in [-0.05, 0) is 26.5 Å². The van der Waals surface area contributed by atoms with Crippen LogP contribution >= 0.6 is 0 Å². The molecular formula is C14H19N3O. The summed E-state index contributed by atoms with van der Waals surface area (Å²) in [6.45, 7) is 6.23. The Morgan fingerprint density at radius 3 is 2.61 bits per heavy atom. The lowest BCUT2D eigenvalue weighted by Gasteiger charge is -2.14. The Kier molecular flexibility index (Phi) is 3.77. The number of aryl methyl sites for hydroxylation is 1. The normalized spacial score (nSPS) is 14.4. The zero-order valence-corrected chi connectivity index (χ0v) is 11.3. The topological polar surface area (TPSA) is 51.0 Å². The van der Waals surface area contributed by atoms with Crippen LogP contribution in [0.15, 0.2) is 28.8 Å². The molecule has 0 amide bonds. The highest BCUT2D eigenvalue weighted by molar-refractivity contribution is 5.58. The molecule has 0 bridgehead atoms. The van der Waals surface area contributed by atoms with E-state index >= 15 is 0 Å². The molecule has 0 fully saturated rings. The zero-order valence-electron chi connectivity index (χ0n) is 11.3. The maximum absolute atomic E-state index is 5.36. The summed E-state index contributed by atoms with van der Waals surface area (Å²) >= 11 is 0. The summed E-state index contributed by atoms with van der Waals surface area (Å²) in [7, 11) is 1.93. The van der Waals surface area contributed by atoms with Crippen LogP contribution in [0.25, 0.3) is 11.4 Å². The largest absolute Gasteiger partial charge is 0.339 e. The average Bonchev–Trinajstić information content (AvgIpc) is 2.87. The standard InChI is InChI=1S/C14H19N3O/c1-9-7-5-6-8-12(9)13-16-14(18-17-13)10(2)11(3)15-4/h5-8,10-11,15H,1-4H3. The Morgan fingerprint density at radius 1 is 1.22 bits per heavy atom. The van der Waals surface area contributed by atoms with Crippen LogP contribution < -0.4 is 5.32 Å². The molecule has 0 spiro atoms. The first kappa shape index (κ1) is 12.8. The van der Waals surface area contributed by atoms with Gasteiger partial charge in [0.15, 0.2) is 0 Å². The summed E-state index contributed by atoms with van der Waals surface area (Å²) in [5.41, 5.74) is 2.18. The van der Waals surface area contributed by atoms with Gasteiger partial charge in [-0.1, -0.05) is 36.3 Å². The predicted octanol–water partition coefficient (Wildman–Crippen LogP) is 2.76. The van der Waals surface area contributed by atoms with Crippen LogP contribution in [0.2, 0.25) is 0 Å². The Morgan fingerprint density at radius 2 is 1.94 bits per heavy atom. The fraction of sp³-hybridized carbons (Fsp3) is 0.429. The fourth-order valence-corrected chi connectivity index (χ4v) is 1.82. The molecule has 18 heavy (non-hydrogen) atoms. The minimum atomic E-state index is 0.195. The van der Waals surface area contributed by atoms with Gasteiger partial charge < -0.3 is 9.84 Å². The van der Waals surface area contributed by atoms with Crippen molar-refractivity contribution in [3.63, 3.8) is 0 Å². The van der Waals surface area contributed by atoms with Gasteiger partial charge in [-0.15, -0.1) is 0 Å². The highest BCUT2D eigenvalue weighted by Crippen LogP contribution is 2.23. The van der Waals surface area contributed by atoms with Crippen molar-refractivity contribution in [1.29, 1.82) is 0 Å². The molecular weight excluding hydrogens is 226 g/mol. The van der Waals surface area contributed by atoms with E-state index in [9.17, 15) is 0 Å². The number of hydrogen-bond donors (Lipinski definition) is 1. The second-order valence-corrected chi connectivity index (χ2v) is 4.64. The smallest absolute Gasteiger partial charge is 0.231 e. The number of likely N-dealkylation sites (N-methyl/N-ethyl adjacent to an activating group) is 1. The van der Waals surface area contributed by atoms with E-state index in [-0.39, 0.29) is 5.92 Å². The van der Waals surface area contributed by atoms with Crippen LogP contribution in [0.1, 0.15) is 31.2 Å². The molecule has 4 heteroatoms. The van der Waals surface area contributed by atoms with Crippen LogP contribution in [0, 0.1) is 6.92 Å². The molecule has 2 rings (SSSR count). The molecule has 0 aliphatic heterocycles. The van der Waals surface area contributed by atoms with Crippen molar-refractivity contribution in [3.8, 4) is 11.4 Å². The summed E-state index contributed by atoms with van der Waals surface area (Å²) in [6.07, 6.45) is 0. The van der Waals surface area contributed by atoms with E-state index in [1.807, 2.05) is 38.2 Å². The summed E-state index contributed by atoms with van der Waals surface area (Å²) in [5.74, 6) is 1.54. The number of nitrogens with zero attached hydrogens (tertiary/aromatic N) is 2. The van der Waals surface area contributed by atoms with Crippen molar-refractivity contribution in [3.05, 3.63) is 35.7 Å². The van der Waals surface area contributed by atoms with Crippen molar-refractivity contribution in [2.24, 2.45) is 0 Å².